The van der Waals surface area contributed by atoms with Crippen molar-refractivity contribution in [1.82, 2.24) is 4.98 Å². The fourth-order valence-electron chi connectivity index (χ4n) is 1.14. The molecule has 0 N–H and O–H groups in total. The average Bonchev–Trinajstić information content (AvgIpc) is 2.11. The lowest BCUT2D eigenvalue weighted by molar-refractivity contribution is 0.120. The predicted octanol–water partition coefficient (Wildman–Crippen LogP) is 4.10. The molecule has 4 heteroatoms. The van der Waals surface area contributed by atoms with Crippen LogP contribution in [0.25, 0.3) is 0 Å². The van der Waals surface area contributed by atoms with Crippen LogP contribution in [-0.2, 0) is 0 Å². The molecule has 1 aromatic rings. The number of ether oxygens (including phenoxy) is 1. The van der Waals surface area contributed by atoms with Gasteiger partial charge in [-0.2, -0.15) is 0 Å². The molecule has 1 heterocycles. The molecular weight excluding hydrogens is 237 g/mol. The Hall–Kier alpha value is -0.770. The molecule has 96 valence electrons. The van der Waals surface area contributed by atoms with Gasteiger partial charge in [-0.25, -0.2) is 4.39 Å². The van der Waals surface area contributed by atoms with E-state index in [4.69, 9.17) is 4.74 Å². The van der Waals surface area contributed by atoms with Crippen LogP contribution in [0.15, 0.2) is 23.4 Å². The molecular formula is C13H20FNOS. The number of aromatic nitrogens is 1. The Morgan fingerprint density at radius 2 is 1.88 bits per heavy atom. The normalized spacial score (nSPS) is 12.6. The molecule has 0 bridgehead atoms. The number of hydrogen-bond acceptors (Lipinski definition) is 3. The highest BCUT2D eigenvalue weighted by atomic mass is 32.2. The minimum absolute atomic E-state index is 0.0400. The molecule has 0 aliphatic carbocycles. The van der Waals surface area contributed by atoms with Crippen LogP contribution in [0.4, 0.5) is 4.39 Å². The van der Waals surface area contributed by atoms with Crippen molar-refractivity contribution >= 4 is 11.8 Å². The first-order valence-corrected chi connectivity index (χ1v) is 6.43. The average molecular weight is 257 g/mol. The molecule has 17 heavy (non-hydrogen) atoms. The predicted molar refractivity (Wildman–Crippen MR) is 70.5 cm³/mol. The molecule has 0 atom stereocenters. The third-order valence-electron chi connectivity index (χ3n) is 1.69. The highest BCUT2D eigenvalue weighted by Gasteiger charge is 2.17. The Morgan fingerprint density at radius 1 is 1.24 bits per heavy atom. The molecule has 0 aliphatic heterocycles. The lowest BCUT2D eigenvalue weighted by Crippen LogP contribution is -2.22. The monoisotopic (exact) mass is 257 g/mol. The molecule has 2 nitrogen and oxygen atoms in total. The molecule has 0 saturated carbocycles. The SMILES string of the molecule is CC(C)(F)COc1cncc(SC(C)(C)C)c1. The Bertz CT molecular complexity index is 368. The second-order valence-corrected chi connectivity index (χ2v) is 7.48. The Balaban J connectivity index is 2.66. The fraction of sp³-hybridized carbons (Fsp3) is 0.615. The zero-order valence-corrected chi connectivity index (χ0v) is 11.9. The summed E-state index contributed by atoms with van der Waals surface area (Å²) >= 11 is 1.71. The van der Waals surface area contributed by atoms with Crippen LogP contribution in [0.5, 0.6) is 5.75 Å². The molecule has 0 aliphatic rings. The van der Waals surface area contributed by atoms with E-state index in [1.807, 2.05) is 6.07 Å². The number of nitrogens with zero attached hydrogens (tertiary/aromatic N) is 1. The van der Waals surface area contributed by atoms with E-state index in [-0.39, 0.29) is 11.4 Å². The van der Waals surface area contributed by atoms with Crippen molar-refractivity contribution in [3.05, 3.63) is 18.5 Å². The number of rotatable bonds is 4. The molecule has 0 fully saturated rings. The zero-order valence-electron chi connectivity index (χ0n) is 11.1. The van der Waals surface area contributed by atoms with Gasteiger partial charge in [-0.3, -0.25) is 4.98 Å². The van der Waals surface area contributed by atoms with Gasteiger partial charge in [0.2, 0.25) is 0 Å². The van der Waals surface area contributed by atoms with Crippen LogP contribution in [0, 0.1) is 0 Å². The lowest BCUT2D eigenvalue weighted by atomic mass is 10.2. The largest absolute Gasteiger partial charge is 0.489 e. The maximum Gasteiger partial charge on any atom is 0.139 e. The maximum absolute atomic E-state index is 13.3. The molecule has 0 unspecified atom stereocenters. The van der Waals surface area contributed by atoms with Gasteiger partial charge in [-0.15, -0.1) is 11.8 Å². The summed E-state index contributed by atoms with van der Waals surface area (Å²) in [6.07, 6.45) is 3.40. The van der Waals surface area contributed by atoms with Gasteiger partial charge >= 0.3 is 0 Å². The standard InChI is InChI=1S/C13H20FNOS/c1-12(2,3)17-11-6-10(7-15-8-11)16-9-13(4,5)14/h6-8H,9H2,1-5H3. The maximum atomic E-state index is 13.3. The second kappa shape index (κ2) is 5.25. The van der Waals surface area contributed by atoms with Crippen molar-refractivity contribution in [3.63, 3.8) is 0 Å². The summed E-state index contributed by atoms with van der Waals surface area (Å²) in [7, 11) is 0. The number of thioether (sulfide) groups is 1. The smallest absolute Gasteiger partial charge is 0.139 e. The van der Waals surface area contributed by atoms with E-state index < -0.39 is 5.67 Å². The van der Waals surface area contributed by atoms with Crippen molar-refractivity contribution in [1.29, 1.82) is 0 Å². The zero-order chi connectivity index (χ0) is 13.1. The van der Waals surface area contributed by atoms with Crippen molar-refractivity contribution in [2.24, 2.45) is 0 Å². The van der Waals surface area contributed by atoms with Gasteiger partial charge in [0.05, 0.1) is 6.20 Å². The first-order valence-electron chi connectivity index (χ1n) is 5.61. The van der Waals surface area contributed by atoms with Crippen LogP contribution in [0.1, 0.15) is 34.6 Å². The number of hydrogen-bond donors (Lipinski definition) is 0. The van der Waals surface area contributed by atoms with E-state index in [0.717, 1.165) is 4.90 Å². The van der Waals surface area contributed by atoms with E-state index in [1.165, 1.54) is 13.8 Å². The number of halogens is 1. The first-order chi connectivity index (χ1) is 7.66. The first kappa shape index (κ1) is 14.3. The van der Waals surface area contributed by atoms with Crippen LogP contribution in [-0.4, -0.2) is 22.0 Å². The van der Waals surface area contributed by atoms with Crippen molar-refractivity contribution < 1.29 is 9.13 Å². The minimum Gasteiger partial charge on any atom is -0.489 e. The van der Waals surface area contributed by atoms with Crippen LogP contribution < -0.4 is 4.74 Å². The summed E-state index contributed by atoms with van der Waals surface area (Å²) in [6, 6.07) is 1.90. The summed E-state index contributed by atoms with van der Waals surface area (Å²) < 4.78 is 18.8. The lowest BCUT2D eigenvalue weighted by Gasteiger charge is -2.18. The molecule has 0 radical (unpaired) electrons. The van der Waals surface area contributed by atoms with Crippen LogP contribution >= 0.6 is 11.8 Å². The van der Waals surface area contributed by atoms with E-state index in [1.54, 1.807) is 24.2 Å². The number of pyridine rings is 1. The fourth-order valence-corrected chi connectivity index (χ4v) is 2.14. The minimum atomic E-state index is -1.33. The summed E-state index contributed by atoms with van der Waals surface area (Å²) in [5.41, 5.74) is -1.33. The van der Waals surface area contributed by atoms with Gasteiger partial charge in [0, 0.05) is 15.8 Å². The van der Waals surface area contributed by atoms with Gasteiger partial charge in [0.1, 0.15) is 18.0 Å². The van der Waals surface area contributed by atoms with Crippen molar-refractivity contribution in [2.45, 2.75) is 49.9 Å². The third-order valence-corrected chi connectivity index (χ3v) is 2.77. The molecule has 0 saturated heterocycles. The molecule has 1 aromatic heterocycles. The Morgan fingerprint density at radius 3 is 2.41 bits per heavy atom. The van der Waals surface area contributed by atoms with E-state index in [9.17, 15) is 4.39 Å². The highest BCUT2D eigenvalue weighted by Crippen LogP contribution is 2.32. The Labute approximate surface area is 107 Å². The van der Waals surface area contributed by atoms with Gasteiger partial charge in [-0.1, -0.05) is 20.8 Å². The summed E-state index contributed by atoms with van der Waals surface area (Å²) in [4.78, 5) is 5.14. The highest BCUT2D eigenvalue weighted by molar-refractivity contribution is 8.00. The quantitative estimate of drug-likeness (QED) is 0.758. The van der Waals surface area contributed by atoms with E-state index in [2.05, 4.69) is 25.8 Å². The molecule has 1 rings (SSSR count). The van der Waals surface area contributed by atoms with Crippen LogP contribution in [0.2, 0.25) is 0 Å². The number of alkyl halides is 1. The third kappa shape index (κ3) is 6.51. The van der Waals surface area contributed by atoms with E-state index >= 15 is 0 Å². The molecule has 0 aromatic carbocycles. The van der Waals surface area contributed by atoms with Gasteiger partial charge in [-0.05, 0) is 19.9 Å². The van der Waals surface area contributed by atoms with Crippen molar-refractivity contribution in [2.75, 3.05) is 6.61 Å². The van der Waals surface area contributed by atoms with Gasteiger partial charge < -0.3 is 4.74 Å². The Kier molecular flexibility index (Phi) is 4.42. The van der Waals surface area contributed by atoms with Crippen molar-refractivity contribution in [3.8, 4) is 5.75 Å². The van der Waals surface area contributed by atoms with Gasteiger partial charge in [0.25, 0.3) is 0 Å². The summed E-state index contributed by atoms with van der Waals surface area (Å²) in [5.74, 6) is 0.616. The van der Waals surface area contributed by atoms with Gasteiger partial charge in [0.15, 0.2) is 0 Å². The second-order valence-electron chi connectivity index (χ2n) is 5.58. The molecule has 0 spiro atoms. The summed E-state index contributed by atoms with van der Waals surface area (Å²) in [5, 5.41) is 0. The van der Waals surface area contributed by atoms with E-state index in [0.29, 0.717) is 5.75 Å². The van der Waals surface area contributed by atoms with Crippen LogP contribution in [0.3, 0.4) is 0 Å². The topological polar surface area (TPSA) is 22.1 Å². The summed E-state index contributed by atoms with van der Waals surface area (Å²) in [6.45, 7) is 9.43. The molecule has 0 amide bonds.